The van der Waals surface area contributed by atoms with Gasteiger partial charge in [-0.1, -0.05) is 6.07 Å². The van der Waals surface area contributed by atoms with Gasteiger partial charge in [-0.2, -0.15) is 0 Å². The lowest BCUT2D eigenvalue weighted by Crippen LogP contribution is -2.35. The highest BCUT2D eigenvalue weighted by molar-refractivity contribution is 5.91. The van der Waals surface area contributed by atoms with E-state index in [0.29, 0.717) is 11.5 Å². The first-order chi connectivity index (χ1) is 9.08. The number of rotatable bonds is 4. The van der Waals surface area contributed by atoms with Crippen LogP contribution < -0.4 is 5.32 Å². The van der Waals surface area contributed by atoms with Crippen molar-refractivity contribution in [3.05, 3.63) is 29.3 Å². The molecule has 1 atom stereocenters. The molecule has 1 aliphatic heterocycles. The van der Waals surface area contributed by atoms with Crippen LogP contribution in [0.5, 0.6) is 0 Å². The van der Waals surface area contributed by atoms with Crippen LogP contribution in [0.4, 0.5) is 5.69 Å². The van der Waals surface area contributed by atoms with E-state index in [2.05, 4.69) is 17.3 Å². The molecule has 1 aromatic carbocycles. The number of nitrogens with one attached hydrogen (secondary N) is 1. The molecule has 1 unspecified atom stereocenters. The van der Waals surface area contributed by atoms with Gasteiger partial charge in [-0.05, 0) is 57.0 Å². The number of anilines is 1. The summed E-state index contributed by atoms with van der Waals surface area (Å²) in [6.07, 6.45) is 2.49. The number of likely N-dealkylation sites (tertiary alicyclic amines) is 1. The second kappa shape index (κ2) is 6.06. The molecule has 2 N–H and O–H groups in total. The summed E-state index contributed by atoms with van der Waals surface area (Å²) in [4.78, 5) is 13.4. The van der Waals surface area contributed by atoms with Crippen molar-refractivity contribution in [1.82, 2.24) is 4.90 Å². The van der Waals surface area contributed by atoms with Crippen molar-refractivity contribution in [2.45, 2.75) is 19.8 Å². The van der Waals surface area contributed by atoms with Crippen LogP contribution in [0.15, 0.2) is 18.2 Å². The smallest absolute Gasteiger partial charge is 0.336 e. The summed E-state index contributed by atoms with van der Waals surface area (Å²) in [5.74, 6) is -0.217. The average molecular weight is 262 g/mol. The lowest BCUT2D eigenvalue weighted by molar-refractivity contribution is 0.0696. The number of carbonyl (C=O) groups is 1. The Morgan fingerprint density at radius 3 is 3.00 bits per heavy atom. The Hall–Kier alpha value is -1.55. The molecule has 19 heavy (non-hydrogen) atoms. The van der Waals surface area contributed by atoms with Gasteiger partial charge in [0, 0.05) is 18.8 Å². The number of carboxylic acids is 1. The fourth-order valence-corrected chi connectivity index (χ4v) is 2.75. The summed E-state index contributed by atoms with van der Waals surface area (Å²) in [5, 5.41) is 12.5. The molecule has 104 valence electrons. The third kappa shape index (κ3) is 3.47. The van der Waals surface area contributed by atoms with Crippen LogP contribution >= 0.6 is 0 Å². The van der Waals surface area contributed by atoms with Gasteiger partial charge in [-0.15, -0.1) is 0 Å². The quantitative estimate of drug-likeness (QED) is 0.875. The molecule has 0 aliphatic carbocycles. The van der Waals surface area contributed by atoms with Crippen LogP contribution in [0, 0.1) is 12.8 Å². The summed E-state index contributed by atoms with van der Waals surface area (Å²) in [5.41, 5.74) is 2.14. The Labute approximate surface area is 114 Å². The molecule has 4 nitrogen and oxygen atoms in total. The third-order valence-electron chi connectivity index (χ3n) is 3.87. The van der Waals surface area contributed by atoms with E-state index in [9.17, 15) is 4.79 Å². The molecule has 0 saturated carbocycles. The fourth-order valence-electron chi connectivity index (χ4n) is 2.75. The predicted molar refractivity (Wildman–Crippen MR) is 76.8 cm³/mol. The average Bonchev–Trinajstić information content (AvgIpc) is 2.37. The zero-order chi connectivity index (χ0) is 13.8. The Balaban J connectivity index is 1.99. The first-order valence-corrected chi connectivity index (χ1v) is 6.83. The van der Waals surface area contributed by atoms with Crippen molar-refractivity contribution in [2.75, 3.05) is 32.0 Å². The number of piperidine rings is 1. The minimum absolute atomic E-state index is 0.380. The van der Waals surface area contributed by atoms with Gasteiger partial charge in [0.25, 0.3) is 0 Å². The molecular weight excluding hydrogens is 240 g/mol. The lowest BCUT2D eigenvalue weighted by Gasteiger charge is -2.30. The highest BCUT2D eigenvalue weighted by Gasteiger charge is 2.17. The molecule has 0 bridgehead atoms. The van der Waals surface area contributed by atoms with E-state index in [4.69, 9.17) is 5.11 Å². The van der Waals surface area contributed by atoms with Crippen LogP contribution in [-0.2, 0) is 0 Å². The van der Waals surface area contributed by atoms with Gasteiger partial charge in [-0.3, -0.25) is 0 Å². The van der Waals surface area contributed by atoms with Gasteiger partial charge in [0.2, 0.25) is 0 Å². The second-order valence-electron chi connectivity index (χ2n) is 5.43. The van der Waals surface area contributed by atoms with E-state index in [0.717, 1.165) is 24.3 Å². The van der Waals surface area contributed by atoms with Gasteiger partial charge in [0.1, 0.15) is 0 Å². The largest absolute Gasteiger partial charge is 0.478 e. The second-order valence-corrected chi connectivity index (χ2v) is 5.43. The summed E-state index contributed by atoms with van der Waals surface area (Å²) < 4.78 is 0. The SMILES string of the molecule is Cc1c(NCC2CCCN(C)C2)cccc1C(=O)O. The first kappa shape index (κ1) is 13.9. The molecule has 1 heterocycles. The minimum atomic E-state index is -0.862. The minimum Gasteiger partial charge on any atom is -0.478 e. The number of carboxylic acid groups (broad SMARTS) is 1. The molecule has 2 rings (SSSR count). The van der Waals surface area contributed by atoms with Crippen molar-refractivity contribution in [2.24, 2.45) is 5.92 Å². The zero-order valence-electron chi connectivity index (χ0n) is 11.6. The number of hydrogen-bond donors (Lipinski definition) is 2. The topological polar surface area (TPSA) is 52.6 Å². The Morgan fingerprint density at radius 1 is 1.53 bits per heavy atom. The molecular formula is C15H22N2O2. The van der Waals surface area contributed by atoms with Crippen molar-refractivity contribution < 1.29 is 9.90 Å². The molecule has 0 amide bonds. The summed E-state index contributed by atoms with van der Waals surface area (Å²) in [6.45, 7) is 5.07. The normalized spacial score (nSPS) is 20.2. The van der Waals surface area contributed by atoms with Crippen molar-refractivity contribution >= 4 is 11.7 Å². The van der Waals surface area contributed by atoms with Crippen LogP contribution in [-0.4, -0.2) is 42.7 Å². The van der Waals surface area contributed by atoms with E-state index in [1.807, 2.05) is 13.0 Å². The van der Waals surface area contributed by atoms with E-state index < -0.39 is 5.97 Å². The van der Waals surface area contributed by atoms with E-state index >= 15 is 0 Å². The molecule has 1 aromatic rings. The summed E-state index contributed by atoms with van der Waals surface area (Å²) in [7, 11) is 2.16. The van der Waals surface area contributed by atoms with Crippen LogP contribution in [0.25, 0.3) is 0 Å². The Kier molecular flexibility index (Phi) is 4.43. The Morgan fingerprint density at radius 2 is 2.32 bits per heavy atom. The van der Waals surface area contributed by atoms with Gasteiger partial charge >= 0.3 is 5.97 Å². The maximum absolute atomic E-state index is 11.1. The summed E-state index contributed by atoms with van der Waals surface area (Å²) >= 11 is 0. The van der Waals surface area contributed by atoms with Crippen molar-refractivity contribution in [3.8, 4) is 0 Å². The number of nitrogens with zero attached hydrogens (tertiary/aromatic N) is 1. The van der Waals surface area contributed by atoms with E-state index in [1.165, 1.54) is 19.4 Å². The van der Waals surface area contributed by atoms with Gasteiger partial charge < -0.3 is 15.3 Å². The number of aromatic carboxylic acids is 1. The van der Waals surface area contributed by atoms with Gasteiger partial charge in [0.05, 0.1) is 5.56 Å². The van der Waals surface area contributed by atoms with Crippen molar-refractivity contribution in [3.63, 3.8) is 0 Å². The first-order valence-electron chi connectivity index (χ1n) is 6.83. The standard InChI is InChI=1S/C15H22N2O2/c1-11-13(15(18)19)6-3-7-14(11)16-9-12-5-4-8-17(2)10-12/h3,6-7,12,16H,4-5,8-10H2,1-2H3,(H,18,19). The highest BCUT2D eigenvalue weighted by atomic mass is 16.4. The molecule has 0 radical (unpaired) electrons. The maximum atomic E-state index is 11.1. The molecule has 1 aliphatic rings. The van der Waals surface area contributed by atoms with E-state index in [-0.39, 0.29) is 0 Å². The third-order valence-corrected chi connectivity index (χ3v) is 3.87. The van der Waals surface area contributed by atoms with Crippen LogP contribution in [0.2, 0.25) is 0 Å². The van der Waals surface area contributed by atoms with E-state index in [1.54, 1.807) is 12.1 Å². The lowest BCUT2D eigenvalue weighted by atomic mass is 9.98. The molecule has 1 saturated heterocycles. The van der Waals surface area contributed by atoms with Crippen LogP contribution in [0.1, 0.15) is 28.8 Å². The monoisotopic (exact) mass is 262 g/mol. The molecule has 0 aromatic heterocycles. The Bertz CT molecular complexity index is 459. The molecule has 4 heteroatoms. The highest BCUT2D eigenvalue weighted by Crippen LogP contribution is 2.21. The molecule has 0 spiro atoms. The van der Waals surface area contributed by atoms with Crippen molar-refractivity contribution in [1.29, 1.82) is 0 Å². The predicted octanol–water partition coefficient (Wildman–Crippen LogP) is 2.45. The number of hydrogen-bond acceptors (Lipinski definition) is 3. The fraction of sp³-hybridized carbons (Fsp3) is 0.533. The number of benzene rings is 1. The van der Waals surface area contributed by atoms with Crippen LogP contribution in [0.3, 0.4) is 0 Å². The zero-order valence-corrected chi connectivity index (χ0v) is 11.6. The summed E-state index contributed by atoms with van der Waals surface area (Å²) in [6, 6.07) is 5.40. The molecule has 1 fully saturated rings. The maximum Gasteiger partial charge on any atom is 0.336 e. The van der Waals surface area contributed by atoms with Gasteiger partial charge in [0.15, 0.2) is 0 Å². The van der Waals surface area contributed by atoms with Gasteiger partial charge in [-0.25, -0.2) is 4.79 Å².